The second kappa shape index (κ2) is 11.7. The van der Waals surface area contributed by atoms with Gasteiger partial charge in [-0.25, -0.2) is 4.98 Å². The fourth-order valence-corrected chi connectivity index (χ4v) is 4.63. The minimum Gasteiger partial charge on any atom is -0.493 e. The normalized spacial score (nSPS) is 13.7. The highest BCUT2D eigenvalue weighted by atomic mass is 32.2. The molecule has 0 saturated heterocycles. The molecule has 8 heteroatoms. The molecular weight excluding hydrogens is 436 g/mol. The zero-order valence-corrected chi connectivity index (χ0v) is 19.7. The van der Waals surface area contributed by atoms with Gasteiger partial charge in [0.2, 0.25) is 11.1 Å². The van der Waals surface area contributed by atoms with Gasteiger partial charge in [0.05, 0.1) is 12.9 Å². The average molecular weight is 467 g/mol. The Morgan fingerprint density at radius 2 is 1.94 bits per heavy atom. The minimum absolute atomic E-state index is 0.0643. The van der Waals surface area contributed by atoms with Crippen LogP contribution >= 0.6 is 11.8 Å². The molecule has 1 aromatic heterocycles. The van der Waals surface area contributed by atoms with Gasteiger partial charge in [0.15, 0.2) is 11.5 Å². The quantitative estimate of drug-likeness (QED) is 0.404. The lowest BCUT2D eigenvalue weighted by molar-refractivity contribution is -0.118. The summed E-state index contributed by atoms with van der Waals surface area (Å²) in [6, 6.07) is 15.7. The van der Waals surface area contributed by atoms with Gasteiger partial charge in [0.1, 0.15) is 12.4 Å². The van der Waals surface area contributed by atoms with Crippen molar-refractivity contribution in [3.8, 4) is 11.5 Å². The number of aromatic amines is 1. The summed E-state index contributed by atoms with van der Waals surface area (Å²) >= 11 is 1.35. The van der Waals surface area contributed by atoms with Crippen molar-refractivity contribution < 1.29 is 14.3 Å². The molecule has 1 fully saturated rings. The van der Waals surface area contributed by atoms with Gasteiger partial charge < -0.3 is 14.8 Å². The van der Waals surface area contributed by atoms with Gasteiger partial charge in [0, 0.05) is 13.0 Å². The zero-order valence-electron chi connectivity index (χ0n) is 18.9. The molecule has 0 atom stereocenters. The summed E-state index contributed by atoms with van der Waals surface area (Å²) in [7, 11) is 1.61. The lowest BCUT2D eigenvalue weighted by Crippen LogP contribution is -2.24. The Morgan fingerprint density at radius 1 is 1.12 bits per heavy atom. The van der Waals surface area contributed by atoms with E-state index in [9.17, 15) is 4.79 Å². The number of aromatic nitrogens is 3. The van der Waals surface area contributed by atoms with Crippen LogP contribution in [0.4, 0.5) is 0 Å². The van der Waals surface area contributed by atoms with E-state index in [0.29, 0.717) is 35.7 Å². The summed E-state index contributed by atoms with van der Waals surface area (Å²) in [5.74, 6) is 3.16. The second-order valence-electron chi connectivity index (χ2n) is 8.24. The molecule has 1 amide bonds. The summed E-state index contributed by atoms with van der Waals surface area (Å²) in [4.78, 5) is 16.8. The minimum atomic E-state index is -0.0643. The highest BCUT2D eigenvalue weighted by Crippen LogP contribution is 2.29. The van der Waals surface area contributed by atoms with E-state index < -0.39 is 0 Å². The van der Waals surface area contributed by atoms with E-state index in [1.54, 1.807) is 7.11 Å². The monoisotopic (exact) mass is 466 g/mol. The first-order valence-corrected chi connectivity index (χ1v) is 12.3. The van der Waals surface area contributed by atoms with E-state index in [1.807, 2.05) is 48.5 Å². The first-order valence-electron chi connectivity index (χ1n) is 11.3. The molecule has 7 nitrogen and oxygen atoms in total. The molecule has 0 spiro atoms. The topological polar surface area (TPSA) is 89.1 Å². The third-order valence-electron chi connectivity index (χ3n) is 5.76. The van der Waals surface area contributed by atoms with Crippen molar-refractivity contribution in [2.24, 2.45) is 5.92 Å². The van der Waals surface area contributed by atoms with E-state index in [1.165, 1.54) is 37.4 Å². The molecule has 33 heavy (non-hydrogen) atoms. The van der Waals surface area contributed by atoms with Gasteiger partial charge in [-0.05, 0) is 29.2 Å². The van der Waals surface area contributed by atoms with Crippen molar-refractivity contribution in [2.75, 3.05) is 12.9 Å². The molecule has 0 radical (unpaired) electrons. The lowest BCUT2D eigenvalue weighted by atomic mass is 10.0. The maximum Gasteiger partial charge on any atom is 0.230 e. The Kier molecular flexibility index (Phi) is 8.24. The maximum absolute atomic E-state index is 12.3. The molecule has 1 saturated carbocycles. The van der Waals surface area contributed by atoms with Crippen molar-refractivity contribution in [3.05, 3.63) is 65.5 Å². The fraction of sp³-hybridized carbons (Fsp3) is 0.400. The molecule has 174 valence electrons. The van der Waals surface area contributed by atoms with E-state index in [2.05, 4.69) is 20.5 Å². The van der Waals surface area contributed by atoms with Gasteiger partial charge >= 0.3 is 0 Å². The molecule has 0 aliphatic heterocycles. The predicted molar refractivity (Wildman–Crippen MR) is 128 cm³/mol. The molecule has 2 aromatic carbocycles. The number of rotatable bonds is 11. The van der Waals surface area contributed by atoms with Gasteiger partial charge in [-0.3, -0.25) is 9.89 Å². The molecule has 0 bridgehead atoms. The highest BCUT2D eigenvalue weighted by Gasteiger charge is 2.17. The number of carbonyl (C=O) groups excluding carboxylic acids is 1. The molecule has 4 rings (SSSR count). The van der Waals surface area contributed by atoms with Crippen LogP contribution in [-0.4, -0.2) is 34.0 Å². The molecular formula is C25H30N4O3S. The summed E-state index contributed by atoms with van der Waals surface area (Å²) in [5.41, 5.74) is 2.03. The van der Waals surface area contributed by atoms with Crippen LogP contribution in [0.15, 0.2) is 53.7 Å². The third-order valence-corrected chi connectivity index (χ3v) is 6.60. The molecule has 1 aliphatic rings. The zero-order chi connectivity index (χ0) is 22.9. The number of hydrogen-bond acceptors (Lipinski definition) is 6. The Hall–Kier alpha value is -3.00. The predicted octanol–water partition coefficient (Wildman–Crippen LogP) is 4.53. The number of methoxy groups -OCH3 is 1. The number of carbonyl (C=O) groups is 1. The van der Waals surface area contributed by atoms with Gasteiger partial charge in [-0.1, -0.05) is 73.8 Å². The number of benzene rings is 2. The summed E-state index contributed by atoms with van der Waals surface area (Å²) in [6.45, 7) is 0.879. The molecule has 0 unspecified atom stereocenters. The molecule has 3 aromatic rings. The van der Waals surface area contributed by atoms with Crippen molar-refractivity contribution in [3.63, 3.8) is 0 Å². The van der Waals surface area contributed by atoms with Crippen molar-refractivity contribution in [1.82, 2.24) is 20.5 Å². The lowest BCUT2D eigenvalue weighted by Gasteiger charge is -2.13. The van der Waals surface area contributed by atoms with Crippen LogP contribution < -0.4 is 14.8 Å². The number of nitrogens with one attached hydrogen (secondary N) is 2. The van der Waals surface area contributed by atoms with Crippen molar-refractivity contribution in [2.45, 2.75) is 50.4 Å². The summed E-state index contributed by atoms with van der Waals surface area (Å²) < 4.78 is 11.4. The number of hydrogen-bond donors (Lipinski definition) is 2. The van der Waals surface area contributed by atoms with Crippen LogP contribution in [0.2, 0.25) is 0 Å². The maximum atomic E-state index is 12.3. The van der Waals surface area contributed by atoms with Gasteiger partial charge in [-0.2, -0.15) is 0 Å². The Morgan fingerprint density at radius 3 is 2.73 bits per heavy atom. The second-order valence-corrected chi connectivity index (χ2v) is 9.19. The van der Waals surface area contributed by atoms with Crippen LogP contribution in [0.5, 0.6) is 11.5 Å². The first kappa shape index (κ1) is 23.2. The standard InChI is InChI=1S/C25H30N4O3S/c1-31-22-13-20(11-12-21(22)32-16-19-9-3-2-4-10-19)15-26-24(30)17-33-25-27-23(28-29-25)14-18-7-5-6-8-18/h2-4,9-13,18H,5-8,14-17H2,1H3,(H,26,30)(H,27,28,29). The third kappa shape index (κ3) is 6.99. The molecule has 1 aliphatic carbocycles. The van der Waals surface area contributed by atoms with Crippen LogP contribution in [0, 0.1) is 5.92 Å². The SMILES string of the molecule is COc1cc(CNC(=O)CSc2n[nH]c(CC3CCCC3)n2)ccc1OCc1ccccc1. The van der Waals surface area contributed by atoms with Gasteiger partial charge in [0.25, 0.3) is 0 Å². The van der Waals surface area contributed by atoms with Crippen LogP contribution in [0.1, 0.15) is 42.6 Å². The summed E-state index contributed by atoms with van der Waals surface area (Å²) in [6.07, 6.45) is 6.13. The number of ether oxygens (including phenoxy) is 2. The Bertz CT molecular complexity index is 1040. The smallest absolute Gasteiger partial charge is 0.230 e. The van der Waals surface area contributed by atoms with Crippen LogP contribution in [-0.2, 0) is 24.4 Å². The fourth-order valence-electron chi connectivity index (χ4n) is 3.98. The van der Waals surface area contributed by atoms with Gasteiger partial charge in [-0.15, -0.1) is 5.10 Å². The Labute approximate surface area is 198 Å². The first-order chi connectivity index (χ1) is 16.2. The molecule has 1 heterocycles. The van der Waals surface area contributed by atoms with Crippen molar-refractivity contribution in [1.29, 1.82) is 0 Å². The number of H-pyrrole nitrogens is 1. The van der Waals surface area contributed by atoms with E-state index >= 15 is 0 Å². The van der Waals surface area contributed by atoms with E-state index in [0.717, 1.165) is 23.4 Å². The van der Waals surface area contributed by atoms with E-state index in [-0.39, 0.29) is 11.7 Å². The Balaban J connectivity index is 1.22. The molecule has 2 N–H and O–H groups in total. The van der Waals surface area contributed by atoms with Crippen LogP contribution in [0.25, 0.3) is 0 Å². The van der Waals surface area contributed by atoms with Crippen LogP contribution in [0.3, 0.4) is 0 Å². The van der Waals surface area contributed by atoms with Crippen molar-refractivity contribution >= 4 is 17.7 Å². The number of amides is 1. The number of nitrogens with zero attached hydrogens (tertiary/aromatic N) is 2. The largest absolute Gasteiger partial charge is 0.493 e. The summed E-state index contributed by atoms with van der Waals surface area (Å²) in [5, 5.41) is 10.8. The highest BCUT2D eigenvalue weighted by molar-refractivity contribution is 7.99. The average Bonchev–Trinajstić information content (AvgIpc) is 3.53. The number of thioether (sulfide) groups is 1. The van der Waals surface area contributed by atoms with E-state index in [4.69, 9.17) is 9.47 Å².